The quantitative estimate of drug-likeness (QED) is 0.924. The van der Waals surface area contributed by atoms with Crippen molar-refractivity contribution in [1.82, 2.24) is 4.98 Å². The third-order valence-electron chi connectivity index (χ3n) is 3.11. The molecule has 1 atom stereocenters. The molecule has 20 heavy (non-hydrogen) atoms. The fourth-order valence-corrected chi connectivity index (χ4v) is 2.20. The number of aliphatic hydroxyl groups is 1. The van der Waals surface area contributed by atoms with E-state index in [1.807, 2.05) is 64.1 Å². The van der Waals surface area contributed by atoms with Gasteiger partial charge < -0.3 is 9.84 Å². The van der Waals surface area contributed by atoms with E-state index in [9.17, 15) is 5.11 Å². The lowest BCUT2D eigenvalue weighted by Crippen LogP contribution is -2.07. The van der Waals surface area contributed by atoms with Crippen LogP contribution >= 0.6 is 0 Å². The Kier molecular flexibility index (Phi) is 4.40. The molecule has 2 aromatic rings. The zero-order valence-corrected chi connectivity index (χ0v) is 12.4. The molecule has 0 bridgehead atoms. The average molecular weight is 271 g/mol. The Morgan fingerprint density at radius 2 is 1.85 bits per heavy atom. The van der Waals surface area contributed by atoms with E-state index in [0.29, 0.717) is 0 Å². The molecular weight excluding hydrogens is 250 g/mol. The van der Waals surface area contributed by atoms with Gasteiger partial charge in [-0.05, 0) is 51.5 Å². The maximum Gasteiger partial charge on any atom is 0.120 e. The Morgan fingerprint density at radius 3 is 2.50 bits per heavy atom. The normalized spacial score (nSPS) is 12.5. The SMILES string of the molecule is Cc1ccc(C(O)c2cccc(OC(C)C)c2)c(C)n1. The van der Waals surface area contributed by atoms with Gasteiger partial charge in [0.25, 0.3) is 0 Å². The van der Waals surface area contributed by atoms with E-state index in [2.05, 4.69) is 4.98 Å². The van der Waals surface area contributed by atoms with Gasteiger partial charge in [0, 0.05) is 17.0 Å². The summed E-state index contributed by atoms with van der Waals surface area (Å²) in [6.07, 6.45) is -0.566. The van der Waals surface area contributed by atoms with Gasteiger partial charge in [-0.1, -0.05) is 18.2 Å². The second kappa shape index (κ2) is 6.06. The first kappa shape index (κ1) is 14.5. The van der Waals surface area contributed by atoms with Crippen molar-refractivity contribution in [3.05, 3.63) is 58.9 Å². The van der Waals surface area contributed by atoms with Crippen molar-refractivity contribution in [1.29, 1.82) is 0 Å². The first-order valence-corrected chi connectivity index (χ1v) is 6.86. The van der Waals surface area contributed by atoms with Crippen molar-refractivity contribution in [3.8, 4) is 5.75 Å². The van der Waals surface area contributed by atoms with Crippen LogP contribution in [0.2, 0.25) is 0 Å². The lowest BCUT2D eigenvalue weighted by atomic mass is 10.00. The molecule has 1 N–H and O–H groups in total. The third-order valence-corrected chi connectivity index (χ3v) is 3.11. The summed E-state index contributed by atoms with van der Waals surface area (Å²) in [5, 5.41) is 10.5. The van der Waals surface area contributed by atoms with Crippen molar-refractivity contribution >= 4 is 0 Å². The third kappa shape index (κ3) is 3.36. The summed E-state index contributed by atoms with van der Waals surface area (Å²) in [5.41, 5.74) is 3.46. The minimum atomic E-state index is -0.682. The van der Waals surface area contributed by atoms with Crippen molar-refractivity contribution in [2.45, 2.75) is 39.9 Å². The Hall–Kier alpha value is -1.87. The van der Waals surface area contributed by atoms with Gasteiger partial charge in [-0.15, -0.1) is 0 Å². The fourth-order valence-electron chi connectivity index (χ4n) is 2.20. The van der Waals surface area contributed by atoms with E-state index in [1.54, 1.807) is 0 Å². The largest absolute Gasteiger partial charge is 0.491 e. The number of rotatable bonds is 4. The highest BCUT2D eigenvalue weighted by Crippen LogP contribution is 2.27. The minimum absolute atomic E-state index is 0.116. The molecule has 0 fully saturated rings. The summed E-state index contributed by atoms with van der Waals surface area (Å²) in [4.78, 5) is 4.40. The number of ether oxygens (including phenoxy) is 1. The van der Waals surface area contributed by atoms with Crippen LogP contribution in [0.1, 0.15) is 42.5 Å². The molecular formula is C17H21NO2. The Bertz CT molecular complexity index is 593. The van der Waals surface area contributed by atoms with Gasteiger partial charge in [-0.3, -0.25) is 4.98 Å². The molecule has 2 rings (SSSR count). The van der Waals surface area contributed by atoms with E-state index in [-0.39, 0.29) is 6.10 Å². The van der Waals surface area contributed by atoms with Crippen LogP contribution in [0.5, 0.6) is 5.75 Å². The number of nitrogens with zero attached hydrogens (tertiary/aromatic N) is 1. The lowest BCUT2D eigenvalue weighted by molar-refractivity contribution is 0.215. The molecule has 0 saturated heterocycles. The molecule has 0 radical (unpaired) electrons. The van der Waals surface area contributed by atoms with Crippen molar-refractivity contribution in [3.63, 3.8) is 0 Å². The Morgan fingerprint density at radius 1 is 1.10 bits per heavy atom. The van der Waals surface area contributed by atoms with E-state index in [1.165, 1.54) is 0 Å². The van der Waals surface area contributed by atoms with Crippen LogP contribution in [-0.4, -0.2) is 16.2 Å². The van der Waals surface area contributed by atoms with Crippen molar-refractivity contribution in [2.75, 3.05) is 0 Å². The molecule has 106 valence electrons. The molecule has 0 spiro atoms. The predicted molar refractivity (Wildman–Crippen MR) is 80.0 cm³/mol. The summed E-state index contributed by atoms with van der Waals surface area (Å²) >= 11 is 0. The van der Waals surface area contributed by atoms with E-state index in [0.717, 1.165) is 28.3 Å². The highest BCUT2D eigenvalue weighted by molar-refractivity contribution is 5.37. The van der Waals surface area contributed by atoms with E-state index < -0.39 is 6.10 Å². The van der Waals surface area contributed by atoms with Crippen LogP contribution in [0.25, 0.3) is 0 Å². The van der Waals surface area contributed by atoms with Gasteiger partial charge in [0.2, 0.25) is 0 Å². The Labute approximate surface area is 120 Å². The molecule has 1 aromatic heterocycles. The number of benzene rings is 1. The summed E-state index contributed by atoms with van der Waals surface area (Å²) < 4.78 is 5.66. The topological polar surface area (TPSA) is 42.4 Å². The maximum atomic E-state index is 10.5. The standard InChI is InChI=1S/C17H21NO2/c1-11(2)20-15-7-5-6-14(10-15)17(19)16-9-8-12(3)18-13(16)4/h5-11,17,19H,1-4H3. The highest BCUT2D eigenvalue weighted by Gasteiger charge is 2.14. The van der Waals surface area contributed by atoms with Crippen LogP contribution in [0.15, 0.2) is 36.4 Å². The Balaban J connectivity index is 2.30. The molecule has 0 amide bonds. The number of pyridine rings is 1. The molecule has 0 aliphatic heterocycles. The molecule has 0 aliphatic carbocycles. The highest BCUT2D eigenvalue weighted by atomic mass is 16.5. The number of aliphatic hydroxyl groups excluding tert-OH is 1. The fraction of sp³-hybridized carbons (Fsp3) is 0.353. The predicted octanol–water partition coefficient (Wildman–Crippen LogP) is 3.57. The molecule has 1 aromatic carbocycles. The van der Waals surface area contributed by atoms with Crippen LogP contribution in [-0.2, 0) is 0 Å². The van der Waals surface area contributed by atoms with Crippen molar-refractivity contribution < 1.29 is 9.84 Å². The summed E-state index contributed by atoms with van der Waals surface area (Å²) in [6, 6.07) is 11.4. The van der Waals surface area contributed by atoms with Gasteiger partial charge in [-0.25, -0.2) is 0 Å². The van der Waals surface area contributed by atoms with Crippen LogP contribution in [0.4, 0.5) is 0 Å². The maximum absolute atomic E-state index is 10.5. The van der Waals surface area contributed by atoms with E-state index in [4.69, 9.17) is 4.74 Å². The zero-order valence-electron chi connectivity index (χ0n) is 12.4. The van der Waals surface area contributed by atoms with Gasteiger partial charge in [0.05, 0.1) is 6.10 Å². The minimum Gasteiger partial charge on any atom is -0.491 e. The summed E-state index contributed by atoms with van der Waals surface area (Å²) in [7, 11) is 0. The smallest absolute Gasteiger partial charge is 0.120 e. The van der Waals surface area contributed by atoms with Crippen LogP contribution in [0, 0.1) is 13.8 Å². The number of hydrogen-bond acceptors (Lipinski definition) is 3. The number of aryl methyl sites for hydroxylation is 2. The molecule has 0 saturated carbocycles. The van der Waals surface area contributed by atoms with Gasteiger partial charge in [-0.2, -0.15) is 0 Å². The molecule has 0 aliphatic rings. The summed E-state index contributed by atoms with van der Waals surface area (Å²) in [6.45, 7) is 7.83. The average Bonchev–Trinajstić information content (AvgIpc) is 2.37. The van der Waals surface area contributed by atoms with Gasteiger partial charge in [0.15, 0.2) is 0 Å². The molecule has 1 unspecified atom stereocenters. The molecule has 3 heteroatoms. The number of hydrogen-bond donors (Lipinski definition) is 1. The molecule has 1 heterocycles. The van der Waals surface area contributed by atoms with Crippen LogP contribution < -0.4 is 4.74 Å². The van der Waals surface area contributed by atoms with E-state index >= 15 is 0 Å². The van der Waals surface area contributed by atoms with Gasteiger partial charge >= 0.3 is 0 Å². The zero-order chi connectivity index (χ0) is 14.7. The number of aromatic nitrogens is 1. The summed E-state index contributed by atoms with van der Waals surface area (Å²) in [5.74, 6) is 0.772. The second-order valence-electron chi connectivity index (χ2n) is 5.27. The van der Waals surface area contributed by atoms with Crippen molar-refractivity contribution in [2.24, 2.45) is 0 Å². The van der Waals surface area contributed by atoms with Crippen LogP contribution in [0.3, 0.4) is 0 Å². The first-order valence-electron chi connectivity index (χ1n) is 6.86. The van der Waals surface area contributed by atoms with Gasteiger partial charge in [0.1, 0.15) is 11.9 Å². The second-order valence-corrected chi connectivity index (χ2v) is 5.27. The lowest BCUT2D eigenvalue weighted by Gasteiger charge is -2.16. The molecule has 3 nitrogen and oxygen atoms in total. The first-order chi connectivity index (χ1) is 9.47. The monoisotopic (exact) mass is 271 g/mol.